The van der Waals surface area contributed by atoms with Gasteiger partial charge in [-0.15, -0.1) is 0 Å². The number of anilines is 3. The van der Waals surface area contributed by atoms with Crippen LogP contribution in [0.15, 0.2) is 188 Å². The number of para-hydroxylation sites is 5. The van der Waals surface area contributed by atoms with Gasteiger partial charge in [0.25, 0.3) is 0 Å². The van der Waals surface area contributed by atoms with E-state index >= 15 is 0 Å². The van der Waals surface area contributed by atoms with Crippen molar-refractivity contribution in [2.24, 2.45) is 0 Å². The van der Waals surface area contributed by atoms with E-state index in [4.69, 9.17) is 14.2 Å². The van der Waals surface area contributed by atoms with Crippen LogP contribution in [0, 0.1) is 0 Å². The first-order valence-corrected chi connectivity index (χ1v) is 18.7. The second kappa shape index (κ2) is 13.1. The van der Waals surface area contributed by atoms with Crippen LogP contribution < -0.4 is 19.1 Å². The Hall–Kier alpha value is -7.04. The molecule has 2 aliphatic heterocycles. The molecule has 0 radical (unpaired) electrons. The van der Waals surface area contributed by atoms with E-state index in [9.17, 15) is 0 Å². The molecule has 0 saturated heterocycles. The van der Waals surface area contributed by atoms with Crippen LogP contribution in [-0.4, -0.2) is 0 Å². The monoisotopic (exact) mass is 711 g/mol. The molecule has 0 fully saturated rings. The molecule has 0 bridgehead atoms. The van der Waals surface area contributed by atoms with Crippen molar-refractivity contribution in [3.63, 3.8) is 0 Å². The molecule has 8 aromatic carbocycles. The highest BCUT2D eigenvalue weighted by atomic mass is 16.6. The second-order valence-corrected chi connectivity index (χ2v) is 14.5. The summed E-state index contributed by atoms with van der Waals surface area (Å²) in [5.74, 6) is 4.69. The Labute approximate surface area is 321 Å². The number of ether oxygens (including phenoxy) is 3. The molecule has 2 aliphatic rings. The van der Waals surface area contributed by atoms with Crippen molar-refractivity contribution in [2.45, 2.75) is 19.3 Å². The van der Waals surface area contributed by atoms with Crippen LogP contribution in [0.4, 0.5) is 17.1 Å². The van der Waals surface area contributed by atoms with Gasteiger partial charge in [-0.1, -0.05) is 141 Å². The SMILES string of the molecule is CC1(C)c2ccccc2Oc2c(-c3ccc(N(c4ccc(-c5ccccc5)cc4)c4ccc(-c5cccc6c5Oc5ccccc5O6)cc4)cc3)cccc21. The van der Waals surface area contributed by atoms with Gasteiger partial charge < -0.3 is 19.1 Å². The standard InChI is InChI=1S/C51H37NO3/c1-51(2)43-16-6-7-18-45(43)54-49-41(14-10-17-44(49)51)36-24-30-39(31-25-36)52(38-28-22-35(23-29-38)34-12-4-3-5-13-34)40-32-26-37(27-33-40)42-15-11-21-48-50(42)55-47-20-9-8-19-46(47)53-48/h3-33H,1-2H3. The highest BCUT2D eigenvalue weighted by Crippen LogP contribution is 2.52. The average molecular weight is 712 g/mol. The quantitative estimate of drug-likeness (QED) is 0.172. The number of hydrogen-bond donors (Lipinski definition) is 0. The van der Waals surface area contributed by atoms with Crippen molar-refractivity contribution in [1.29, 1.82) is 0 Å². The summed E-state index contributed by atoms with van der Waals surface area (Å²) in [6.07, 6.45) is 0. The number of fused-ring (bicyclic) bond motifs is 4. The fourth-order valence-corrected chi connectivity index (χ4v) is 7.93. The first-order chi connectivity index (χ1) is 27.0. The molecule has 4 nitrogen and oxygen atoms in total. The van der Waals surface area contributed by atoms with Crippen molar-refractivity contribution in [2.75, 3.05) is 4.90 Å². The molecule has 0 N–H and O–H groups in total. The Kier molecular flexibility index (Phi) is 7.77. The molecule has 10 rings (SSSR count). The van der Waals surface area contributed by atoms with Crippen molar-refractivity contribution in [3.8, 4) is 67.9 Å². The normalized spacial score (nSPS) is 13.1. The summed E-state index contributed by atoms with van der Waals surface area (Å²) < 4.78 is 19.2. The number of nitrogens with zero attached hydrogens (tertiary/aromatic N) is 1. The van der Waals surface area contributed by atoms with Gasteiger partial charge in [0, 0.05) is 44.7 Å². The van der Waals surface area contributed by atoms with Crippen molar-refractivity contribution in [3.05, 3.63) is 199 Å². The molecule has 0 spiro atoms. The summed E-state index contributed by atoms with van der Waals surface area (Å²) in [7, 11) is 0. The molecular weight excluding hydrogens is 675 g/mol. The van der Waals surface area contributed by atoms with Crippen molar-refractivity contribution in [1.82, 2.24) is 0 Å². The summed E-state index contributed by atoms with van der Waals surface area (Å²) in [6, 6.07) is 65.4. The van der Waals surface area contributed by atoms with Crippen LogP contribution >= 0.6 is 0 Å². The highest BCUT2D eigenvalue weighted by molar-refractivity contribution is 5.84. The van der Waals surface area contributed by atoms with Gasteiger partial charge in [-0.3, -0.25) is 0 Å². The molecule has 0 aliphatic carbocycles. The molecule has 0 atom stereocenters. The Morgan fingerprint density at radius 1 is 0.327 bits per heavy atom. The summed E-state index contributed by atoms with van der Waals surface area (Å²) >= 11 is 0. The lowest BCUT2D eigenvalue weighted by molar-refractivity contribution is 0.361. The van der Waals surface area contributed by atoms with E-state index in [2.05, 4.69) is 158 Å². The molecule has 264 valence electrons. The van der Waals surface area contributed by atoms with Gasteiger partial charge in [0.1, 0.15) is 11.5 Å². The Bertz CT molecular complexity index is 2680. The van der Waals surface area contributed by atoms with E-state index in [1.807, 2.05) is 48.5 Å². The smallest absolute Gasteiger partial charge is 0.177 e. The molecule has 8 aromatic rings. The van der Waals surface area contributed by atoms with Crippen LogP contribution in [0.5, 0.6) is 34.5 Å². The van der Waals surface area contributed by atoms with E-state index in [-0.39, 0.29) is 5.41 Å². The van der Waals surface area contributed by atoms with E-state index < -0.39 is 0 Å². The Balaban J connectivity index is 1.02. The van der Waals surface area contributed by atoms with Gasteiger partial charge in [-0.2, -0.15) is 0 Å². The zero-order valence-corrected chi connectivity index (χ0v) is 30.6. The minimum absolute atomic E-state index is 0.183. The zero-order chi connectivity index (χ0) is 36.9. The van der Waals surface area contributed by atoms with Gasteiger partial charge in [0.05, 0.1) is 0 Å². The largest absolute Gasteiger partial charge is 0.456 e. The maximum absolute atomic E-state index is 6.64. The first kappa shape index (κ1) is 32.6. The number of hydrogen-bond acceptors (Lipinski definition) is 4. The van der Waals surface area contributed by atoms with E-state index in [1.165, 1.54) is 22.3 Å². The molecule has 55 heavy (non-hydrogen) atoms. The third-order valence-electron chi connectivity index (χ3n) is 10.8. The molecule has 2 heterocycles. The maximum atomic E-state index is 6.64. The highest BCUT2D eigenvalue weighted by Gasteiger charge is 2.35. The third kappa shape index (κ3) is 5.71. The third-order valence-corrected chi connectivity index (χ3v) is 10.8. The van der Waals surface area contributed by atoms with E-state index in [0.29, 0.717) is 11.5 Å². The van der Waals surface area contributed by atoms with Gasteiger partial charge in [0.2, 0.25) is 0 Å². The molecule has 0 saturated carbocycles. The van der Waals surface area contributed by atoms with Crippen molar-refractivity contribution < 1.29 is 14.2 Å². The molecular formula is C51H37NO3. The van der Waals surface area contributed by atoms with E-state index in [0.717, 1.165) is 62.3 Å². The lowest BCUT2D eigenvalue weighted by Gasteiger charge is -2.35. The summed E-state index contributed by atoms with van der Waals surface area (Å²) in [6.45, 7) is 4.55. The first-order valence-electron chi connectivity index (χ1n) is 18.7. The molecule has 4 heteroatoms. The maximum Gasteiger partial charge on any atom is 0.177 e. The average Bonchev–Trinajstić information content (AvgIpc) is 3.24. The lowest BCUT2D eigenvalue weighted by atomic mass is 9.75. The number of rotatable bonds is 6. The Morgan fingerprint density at radius 3 is 1.40 bits per heavy atom. The Morgan fingerprint density at radius 2 is 0.764 bits per heavy atom. The summed E-state index contributed by atoms with van der Waals surface area (Å²) in [4.78, 5) is 2.30. The molecule has 0 amide bonds. The topological polar surface area (TPSA) is 30.9 Å². The van der Waals surface area contributed by atoms with Crippen LogP contribution in [-0.2, 0) is 5.41 Å². The fourth-order valence-electron chi connectivity index (χ4n) is 7.93. The van der Waals surface area contributed by atoms with E-state index in [1.54, 1.807) is 0 Å². The van der Waals surface area contributed by atoms with Gasteiger partial charge >= 0.3 is 0 Å². The zero-order valence-electron chi connectivity index (χ0n) is 30.6. The minimum atomic E-state index is -0.183. The van der Waals surface area contributed by atoms with Crippen LogP contribution in [0.2, 0.25) is 0 Å². The van der Waals surface area contributed by atoms with Crippen LogP contribution in [0.25, 0.3) is 33.4 Å². The second-order valence-electron chi connectivity index (χ2n) is 14.5. The van der Waals surface area contributed by atoms with Crippen LogP contribution in [0.3, 0.4) is 0 Å². The molecule has 0 aromatic heterocycles. The molecule has 0 unspecified atom stereocenters. The lowest BCUT2D eigenvalue weighted by Crippen LogP contribution is -2.24. The van der Waals surface area contributed by atoms with Gasteiger partial charge in [-0.25, -0.2) is 0 Å². The minimum Gasteiger partial charge on any atom is -0.456 e. The van der Waals surface area contributed by atoms with Gasteiger partial charge in [0.15, 0.2) is 23.0 Å². The van der Waals surface area contributed by atoms with Crippen molar-refractivity contribution >= 4 is 17.1 Å². The predicted octanol–water partition coefficient (Wildman–Crippen LogP) is 14.5. The van der Waals surface area contributed by atoms with Crippen LogP contribution in [0.1, 0.15) is 25.0 Å². The summed E-state index contributed by atoms with van der Waals surface area (Å²) in [5, 5.41) is 0. The van der Waals surface area contributed by atoms with Gasteiger partial charge in [-0.05, 0) is 82.9 Å². The number of benzene rings is 8. The fraction of sp³-hybridized carbons (Fsp3) is 0.0588. The summed E-state index contributed by atoms with van der Waals surface area (Å²) in [5.41, 5.74) is 11.9. The predicted molar refractivity (Wildman–Crippen MR) is 223 cm³/mol.